The molecule has 0 unspecified atom stereocenters. The summed E-state index contributed by atoms with van der Waals surface area (Å²) < 4.78 is 0. The zero-order chi connectivity index (χ0) is 18.2. The lowest BCUT2D eigenvalue weighted by Gasteiger charge is -2.07. The lowest BCUT2D eigenvalue weighted by atomic mass is 10.1. The first-order valence-electron chi connectivity index (χ1n) is 8.37. The average molecular weight is 345 g/mol. The molecule has 0 aliphatic carbocycles. The smallest absolute Gasteiger partial charge is 0.274 e. The van der Waals surface area contributed by atoms with Crippen molar-refractivity contribution in [2.24, 2.45) is 0 Å². The van der Waals surface area contributed by atoms with Crippen LogP contribution in [0.15, 0.2) is 79.0 Å². The molecule has 3 rings (SSSR count). The van der Waals surface area contributed by atoms with Crippen LogP contribution >= 0.6 is 0 Å². The van der Waals surface area contributed by atoms with E-state index in [0.717, 1.165) is 6.42 Å². The average Bonchev–Trinajstić information content (AvgIpc) is 2.70. The number of nitrogens with one attached hydrogen (secondary N) is 2. The predicted molar refractivity (Wildman–Crippen MR) is 101 cm³/mol. The van der Waals surface area contributed by atoms with E-state index in [1.54, 1.807) is 48.7 Å². The van der Waals surface area contributed by atoms with Gasteiger partial charge in [0.25, 0.3) is 11.8 Å². The molecule has 0 saturated heterocycles. The molecule has 2 aromatic carbocycles. The number of pyridine rings is 1. The Morgan fingerprint density at radius 1 is 0.808 bits per heavy atom. The molecular weight excluding hydrogens is 326 g/mol. The number of carbonyl (C=O) groups is 2. The molecule has 0 radical (unpaired) electrons. The number of hydrogen-bond donors (Lipinski definition) is 2. The molecule has 3 aromatic rings. The summed E-state index contributed by atoms with van der Waals surface area (Å²) in [6.07, 6.45) is 2.35. The van der Waals surface area contributed by atoms with Crippen LogP contribution in [0.1, 0.15) is 26.4 Å². The van der Waals surface area contributed by atoms with Gasteiger partial charge in [0.1, 0.15) is 5.69 Å². The molecular formula is C21H19N3O2. The minimum atomic E-state index is -0.286. The largest absolute Gasteiger partial charge is 0.352 e. The summed E-state index contributed by atoms with van der Waals surface area (Å²) in [6, 6.07) is 21.9. The van der Waals surface area contributed by atoms with Crippen LogP contribution in [0, 0.1) is 0 Å². The van der Waals surface area contributed by atoms with Crippen molar-refractivity contribution in [1.82, 2.24) is 10.3 Å². The van der Waals surface area contributed by atoms with Gasteiger partial charge in [0.2, 0.25) is 0 Å². The van der Waals surface area contributed by atoms with E-state index in [1.165, 1.54) is 5.56 Å². The number of carbonyl (C=O) groups excluding carboxylic acids is 2. The van der Waals surface area contributed by atoms with Crippen molar-refractivity contribution >= 4 is 17.5 Å². The Labute approximate surface area is 152 Å². The Balaban J connectivity index is 1.52. The van der Waals surface area contributed by atoms with E-state index < -0.39 is 0 Å². The molecule has 1 heterocycles. The number of nitrogens with zero attached hydrogens (tertiary/aromatic N) is 1. The summed E-state index contributed by atoms with van der Waals surface area (Å²) in [5.41, 5.74) is 2.69. The fourth-order valence-electron chi connectivity index (χ4n) is 2.46. The number of rotatable bonds is 6. The minimum Gasteiger partial charge on any atom is -0.352 e. The first-order chi connectivity index (χ1) is 12.7. The van der Waals surface area contributed by atoms with E-state index in [0.29, 0.717) is 23.5 Å². The summed E-state index contributed by atoms with van der Waals surface area (Å²) in [7, 11) is 0. The van der Waals surface area contributed by atoms with Crippen LogP contribution < -0.4 is 10.6 Å². The van der Waals surface area contributed by atoms with Crippen LogP contribution in [-0.2, 0) is 6.42 Å². The van der Waals surface area contributed by atoms with Crippen LogP contribution in [0.25, 0.3) is 0 Å². The zero-order valence-electron chi connectivity index (χ0n) is 14.2. The van der Waals surface area contributed by atoms with Crippen molar-refractivity contribution in [3.63, 3.8) is 0 Å². The maximum atomic E-state index is 12.2. The van der Waals surface area contributed by atoms with Gasteiger partial charge in [-0.1, -0.05) is 36.4 Å². The number of hydrogen-bond acceptors (Lipinski definition) is 3. The van der Waals surface area contributed by atoms with Crippen molar-refractivity contribution < 1.29 is 9.59 Å². The van der Waals surface area contributed by atoms with Gasteiger partial charge in [-0.25, -0.2) is 0 Å². The highest BCUT2D eigenvalue weighted by molar-refractivity contribution is 6.03. The molecule has 5 heteroatoms. The molecule has 2 amide bonds. The fourth-order valence-corrected chi connectivity index (χ4v) is 2.46. The van der Waals surface area contributed by atoms with E-state index in [1.807, 2.05) is 30.3 Å². The zero-order valence-corrected chi connectivity index (χ0v) is 14.2. The normalized spacial score (nSPS) is 10.2. The van der Waals surface area contributed by atoms with Gasteiger partial charge in [-0.15, -0.1) is 0 Å². The van der Waals surface area contributed by atoms with Gasteiger partial charge in [0, 0.05) is 24.0 Å². The number of anilines is 1. The van der Waals surface area contributed by atoms with Crippen molar-refractivity contribution in [3.05, 3.63) is 95.8 Å². The number of aromatic nitrogens is 1. The van der Waals surface area contributed by atoms with E-state index in [-0.39, 0.29) is 11.8 Å². The van der Waals surface area contributed by atoms with Crippen LogP contribution in [0.4, 0.5) is 5.69 Å². The van der Waals surface area contributed by atoms with Gasteiger partial charge >= 0.3 is 0 Å². The Morgan fingerprint density at radius 3 is 2.23 bits per heavy atom. The van der Waals surface area contributed by atoms with E-state index in [2.05, 4.69) is 15.6 Å². The van der Waals surface area contributed by atoms with Crippen LogP contribution in [-0.4, -0.2) is 23.3 Å². The lowest BCUT2D eigenvalue weighted by Crippen LogP contribution is -2.25. The second-order valence-corrected chi connectivity index (χ2v) is 5.74. The number of amides is 2. The van der Waals surface area contributed by atoms with Gasteiger partial charge in [0.15, 0.2) is 0 Å². The first-order valence-corrected chi connectivity index (χ1v) is 8.37. The molecule has 1 aromatic heterocycles. The third-order valence-electron chi connectivity index (χ3n) is 3.84. The van der Waals surface area contributed by atoms with Crippen LogP contribution in [0.3, 0.4) is 0 Å². The molecule has 0 aliphatic heterocycles. The van der Waals surface area contributed by atoms with E-state index in [9.17, 15) is 9.59 Å². The van der Waals surface area contributed by atoms with Gasteiger partial charge in [0.05, 0.1) is 0 Å². The Kier molecular flexibility index (Phi) is 5.72. The predicted octanol–water partition coefficient (Wildman–Crippen LogP) is 3.31. The Bertz CT molecular complexity index is 863. The molecule has 0 atom stereocenters. The van der Waals surface area contributed by atoms with E-state index >= 15 is 0 Å². The van der Waals surface area contributed by atoms with Gasteiger partial charge in [-0.3, -0.25) is 14.6 Å². The highest BCUT2D eigenvalue weighted by atomic mass is 16.2. The van der Waals surface area contributed by atoms with E-state index in [4.69, 9.17) is 0 Å². The monoisotopic (exact) mass is 345 g/mol. The number of benzene rings is 2. The van der Waals surface area contributed by atoms with Crippen molar-refractivity contribution in [2.75, 3.05) is 11.9 Å². The molecule has 0 bridgehead atoms. The SMILES string of the molecule is O=C(NCCc1ccccc1)c1ccc(NC(=O)c2ccccn2)cc1. The van der Waals surface area contributed by atoms with Gasteiger partial charge < -0.3 is 10.6 Å². The molecule has 2 N–H and O–H groups in total. The van der Waals surface area contributed by atoms with Crippen molar-refractivity contribution in [3.8, 4) is 0 Å². The summed E-state index contributed by atoms with van der Waals surface area (Å²) in [5.74, 6) is -0.422. The minimum absolute atomic E-state index is 0.136. The molecule has 130 valence electrons. The second-order valence-electron chi connectivity index (χ2n) is 5.74. The Morgan fingerprint density at radius 2 is 1.54 bits per heavy atom. The standard InChI is InChI=1S/C21H19N3O2/c25-20(23-15-13-16-6-2-1-3-7-16)17-9-11-18(12-10-17)24-21(26)19-8-4-5-14-22-19/h1-12,14H,13,15H2,(H,23,25)(H,24,26). The maximum absolute atomic E-state index is 12.2. The van der Waals surface area contributed by atoms with Gasteiger partial charge in [-0.05, 0) is 48.4 Å². The fraction of sp³-hybridized carbons (Fsp3) is 0.0952. The van der Waals surface area contributed by atoms with Crippen LogP contribution in [0.5, 0.6) is 0 Å². The third kappa shape index (κ3) is 4.77. The van der Waals surface area contributed by atoms with Crippen LogP contribution in [0.2, 0.25) is 0 Å². The molecule has 0 fully saturated rings. The van der Waals surface area contributed by atoms with Crippen molar-refractivity contribution in [1.29, 1.82) is 0 Å². The summed E-state index contributed by atoms with van der Waals surface area (Å²) in [6.45, 7) is 0.570. The quantitative estimate of drug-likeness (QED) is 0.720. The third-order valence-corrected chi connectivity index (χ3v) is 3.84. The summed E-state index contributed by atoms with van der Waals surface area (Å²) in [4.78, 5) is 28.2. The molecule has 0 spiro atoms. The highest BCUT2D eigenvalue weighted by Crippen LogP contribution is 2.11. The topological polar surface area (TPSA) is 71.1 Å². The second kappa shape index (κ2) is 8.58. The maximum Gasteiger partial charge on any atom is 0.274 e. The summed E-state index contributed by atoms with van der Waals surface area (Å²) in [5, 5.41) is 5.65. The molecule has 0 aliphatic rings. The molecule has 5 nitrogen and oxygen atoms in total. The van der Waals surface area contributed by atoms with Crippen molar-refractivity contribution in [2.45, 2.75) is 6.42 Å². The Hall–Kier alpha value is -3.47. The first kappa shape index (κ1) is 17.4. The summed E-state index contributed by atoms with van der Waals surface area (Å²) >= 11 is 0. The molecule has 26 heavy (non-hydrogen) atoms. The highest BCUT2D eigenvalue weighted by Gasteiger charge is 2.08. The molecule has 0 saturated carbocycles. The van der Waals surface area contributed by atoms with Gasteiger partial charge in [-0.2, -0.15) is 0 Å². The lowest BCUT2D eigenvalue weighted by molar-refractivity contribution is 0.0953.